The second-order valence-corrected chi connectivity index (χ2v) is 7.28. The van der Waals surface area contributed by atoms with Gasteiger partial charge in [-0.2, -0.15) is 0 Å². The fourth-order valence-corrected chi connectivity index (χ4v) is 5.51. The molecule has 104 valence electrons. The monoisotopic (exact) mass is 251 g/mol. The van der Waals surface area contributed by atoms with Gasteiger partial charge >= 0.3 is 0 Å². The van der Waals surface area contributed by atoms with E-state index in [1.54, 1.807) is 0 Å². The standard InChI is InChI=1S/C16H29NO/c1-3-17(4-2)11-15(18)16-8-12-5-13(9-16)7-14(6-12)10-16/h12-15,18H,3-11H2,1-2H3/t12?,13?,14?,15-,16?/m0/s1. The van der Waals surface area contributed by atoms with Crippen LogP contribution in [0.3, 0.4) is 0 Å². The first-order valence-corrected chi connectivity index (χ1v) is 8.05. The summed E-state index contributed by atoms with van der Waals surface area (Å²) >= 11 is 0. The lowest BCUT2D eigenvalue weighted by Crippen LogP contribution is -2.54. The van der Waals surface area contributed by atoms with Crippen LogP contribution < -0.4 is 0 Å². The summed E-state index contributed by atoms with van der Waals surface area (Å²) in [7, 11) is 0. The molecule has 18 heavy (non-hydrogen) atoms. The number of hydrogen-bond donors (Lipinski definition) is 1. The van der Waals surface area contributed by atoms with Crippen LogP contribution in [0.5, 0.6) is 0 Å². The van der Waals surface area contributed by atoms with Crippen LogP contribution >= 0.6 is 0 Å². The van der Waals surface area contributed by atoms with Crippen LogP contribution in [0.15, 0.2) is 0 Å². The SMILES string of the molecule is CCN(CC)C[C@H](O)C12CC3CC(CC(C3)C1)C2. The maximum Gasteiger partial charge on any atom is 0.0723 e. The third-order valence-corrected chi connectivity index (χ3v) is 6.12. The van der Waals surface area contributed by atoms with Crippen LogP contribution in [-0.4, -0.2) is 35.7 Å². The van der Waals surface area contributed by atoms with Crippen molar-refractivity contribution >= 4 is 0 Å². The molecule has 4 rings (SSSR count). The molecule has 4 saturated carbocycles. The molecule has 0 aromatic rings. The van der Waals surface area contributed by atoms with E-state index in [9.17, 15) is 5.11 Å². The van der Waals surface area contributed by atoms with Crippen molar-refractivity contribution in [3.05, 3.63) is 0 Å². The Morgan fingerprint density at radius 2 is 1.44 bits per heavy atom. The zero-order valence-corrected chi connectivity index (χ0v) is 12.1. The van der Waals surface area contributed by atoms with E-state index in [1.807, 2.05) is 0 Å². The van der Waals surface area contributed by atoms with E-state index in [0.717, 1.165) is 37.4 Å². The summed E-state index contributed by atoms with van der Waals surface area (Å²) in [5, 5.41) is 10.8. The fourth-order valence-electron chi connectivity index (χ4n) is 5.51. The highest BCUT2D eigenvalue weighted by Crippen LogP contribution is 2.61. The molecular formula is C16H29NO. The molecule has 0 radical (unpaired) electrons. The van der Waals surface area contributed by atoms with Gasteiger partial charge in [-0.3, -0.25) is 0 Å². The molecule has 0 aromatic carbocycles. The lowest BCUT2D eigenvalue weighted by Gasteiger charge is -2.58. The first kappa shape index (κ1) is 12.9. The maximum atomic E-state index is 10.8. The van der Waals surface area contributed by atoms with E-state index in [4.69, 9.17) is 0 Å². The highest BCUT2D eigenvalue weighted by atomic mass is 16.3. The summed E-state index contributed by atoms with van der Waals surface area (Å²) in [6, 6.07) is 0. The molecular weight excluding hydrogens is 222 g/mol. The summed E-state index contributed by atoms with van der Waals surface area (Å²) < 4.78 is 0. The predicted octanol–water partition coefficient (Wildman–Crippen LogP) is 2.91. The van der Waals surface area contributed by atoms with Gasteiger partial charge in [0.05, 0.1) is 6.10 Å². The Morgan fingerprint density at radius 1 is 1.00 bits per heavy atom. The first-order chi connectivity index (χ1) is 8.65. The molecule has 0 spiro atoms. The number of rotatable bonds is 5. The van der Waals surface area contributed by atoms with Gasteiger partial charge in [-0.25, -0.2) is 0 Å². The third-order valence-electron chi connectivity index (χ3n) is 6.12. The Morgan fingerprint density at radius 3 is 1.83 bits per heavy atom. The first-order valence-electron chi connectivity index (χ1n) is 8.05. The van der Waals surface area contributed by atoms with Crippen molar-refractivity contribution in [3.8, 4) is 0 Å². The van der Waals surface area contributed by atoms with Gasteiger partial charge in [0.25, 0.3) is 0 Å². The second-order valence-electron chi connectivity index (χ2n) is 7.28. The zero-order chi connectivity index (χ0) is 12.8. The van der Waals surface area contributed by atoms with Crippen LogP contribution in [0.25, 0.3) is 0 Å². The molecule has 2 heteroatoms. The number of aliphatic hydroxyl groups excluding tert-OH is 1. The van der Waals surface area contributed by atoms with Crippen LogP contribution in [0, 0.1) is 23.2 Å². The normalized spacial score (nSPS) is 43.7. The molecule has 1 N–H and O–H groups in total. The average Bonchev–Trinajstić information content (AvgIpc) is 2.34. The van der Waals surface area contributed by atoms with Crippen molar-refractivity contribution in [2.45, 2.75) is 58.5 Å². The van der Waals surface area contributed by atoms with E-state index in [0.29, 0.717) is 5.41 Å². The van der Waals surface area contributed by atoms with Crippen molar-refractivity contribution in [1.82, 2.24) is 4.90 Å². The molecule has 0 aliphatic heterocycles. The molecule has 2 nitrogen and oxygen atoms in total. The molecule has 0 heterocycles. The highest BCUT2D eigenvalue weighted by molar-refractivity contribution is 5.04. The predicted molar refractivity (Wildman–Crippen MR) is 74.4 cm³/mol. The van der Waals surface area contributed by atoms with Crippen LogP contribution in [0.2, 0.25) is 0 Å². The van der Waals surface area contributed by atoms with Gasteiger partial charge in [0.1, 0.15) is 0 Å². The molecule has 4 fully saturated rings. The summed E-state index contributed by atoms with van der Waals surface area (Å²) in [6.45, 7) is 7.45. The molecule has 0 amide bonds. The van der Waals surface area contributed by atoms with Gasteiger partial charge < -0.3 is 10.0 Å². The Kier molecular flexibility index (Phi) is 3.44. The van der Waals surface area contributed by atoms with E-state index in [-0.39, 0.29) is 6.10 Å². The Labute approximate surface area is 112 Å². The molecule has 4 aliphatic rings. The lowest BCUT2D eigenvalue weighted by atomic mass is 9.48. The average molecular weight is 251 g/mol. The maximum absolute atomic E-state index is 10.8. The van der Waals surface area contributed by atoms with E-state index in [1.165, 1.54) is 38.5 Å². The lowest BCUT2D eigenvalue weighted by molar-refractivity contribution is -0.126. The number of hydrogen-bond acceptors (Lipinski definition) is 2. The molecule has 4 aliphatic carbocycles. The topological polar surface area (TPSA) is 23.5 Å². The second kappa shape index (κ2) is 4.79. The third kappa shape index (κ3) is 2.12. The van der Waals surface area contributed by atoms with Crippen molar-refractivity contribution < 1.29 is 5.11 Å². The summed E-state index contributed by atoms with van der Waals surface area (Å²) in [4.78, 5) is 2.39. The van der Waals surface area contributed by atoms with E-state index >= 15 is 0 Å². The van der Waals surface area contributed by atoms with E-state index < -0.39 is 0 Å². The minimum Gasteiger partial charge on any atom is -0.391 e. The fraction of sp³-hybridized carbons (Fsp3) is 1.00. The van der Waals surface area contributed by atoms with Crippen LogP contribution in [-0.2, 0) is 0 Å². The number of aliphatic hydroxyl groups is 1. The largest absolute Gasteiger partial charge is 0.391 e. The van der Waals surface area contributed by atoms with Crippen molar-refractivity contribution in [3.63, 3.8) is 0 Å². The molecule has 0 aromatic heterocycles. The Bertz CT molecular complexity index is 262. The van der Waals surface area contributed by atoms with Crippen LogP contribution in [0.4, 0.5) is 0 Å². The minimum atomic E-state index is -0.0780. The Balaban J connectivity index is 1.70. The van der Waals surface area contributed by atoms with Crippen molar-refractivity contribution in [2.75, 3.05) is 19.6 Å². The van der Waals surface area contributed by atoms with Gasteiger partial charge in [-0.15, -0.1) is 0 Å². The van der Waals surface area contributed by atoms with Gasteiger partial charge in [0.2, 0.25) is 0 Å². The summed E-state index contributed by atoms with van der Waals surface area (Å²) in [5.41, 5.74) is 0.303. The Hall–Kier alpha value is -0.0800. The quantitative estimate of drug-likeness (QED) is 0.812. The zero-order valence-electron chi connectivity index (χ0n) is 12.1. The highest BCUT2D eigenvalue weighted by Gasteiger charge is 2.53. The molecule has 0 unspecified atom stereocenters. The van der Waals surface area contributed by atoms with Crippen molar-refractivity contribution in [2.24, 2.45) is 23.2 Å². The van der Waals surface area contributed by atoms with Crippen molar-refractivity contribution in [1.29, 1.82) is 0 Å². The number of likely N-dealkylation sites (N-methyl/N-ethyl adjacent to an activating group) is 1. The number of nitrogens with zero attached hydrogens (tertiary/aromatic N) is 1. The summed E-state index contributed by atoms with van der Waals surface area (Å²) in [6.07, 6.45) is 8.29. The van der Waals surface area contributed by atoms with E-state index in [2.05, 4.69) is 18.7 Å². The smallest absolute Gasteiger partial charge is 0.0723 e. The van der Waals surface area contributed by atoms with Gasteiger partial charge in [-0.05, 0) is 74.8 Å². The molecule has 4 bridgehead atoms. The molecule has 1 atom stereocenters. The van der Waals surface area contributed by atoms with Crippen LogP contribution in [0.1, 0.15) is 52.4 Å². The minimum absolute atomic E-state index is 0.0780. The van der Waals surface area contributed by atoms with Gasteiger partial charge in [0, 0.05) is 6.54 Å². The van der Waals surface area contributed by atoms with Gasteiger partial charge in [0.15, 0.2) is 0 Å². The summed E-state index contributed by atoms with van der Waals surface area (Å²) in [5.74, 6) is 2.84. The molecule has 0 saturated heterocycles. The van der Waals surface area contributed by atoms with Gasteiger partial charge in [-0.1, -0.05) is 13.8 Å².